The van der Waals surface area contributed by atoms with Crippen LogP contribution >= 0.6 is 0 Å². The summed E-state index contributed by atoms with van der Waals surface area (Å²) in [6, 6.07) is 0. The Morgan fingerprint density at radius 2 is 0.647 bits per heavy atom. The van der Waals surface area contributed by atoms with Gasteiger partial charge in [-0.2, -0.15) is 0 Å². The molecule has 0 aromatic heterocycles. The molecule has 0 fully saturated rings. The van der Waals surface area contributed by atoms with Crippen LogP contribution < -0.4 is 0 Å². The Bertz CT molecular complexity index is 261. The van der Waals surface area contributed by atoms with Gasteiger partial charge in [0, 0.05) is 17.1 Å². The number of rotatable bonds is 2. The van der Waals surface area contributed by atoms with E-state index in [4.69, 9.17) is 20.8 Å². The second kappa shape index (κ2) is 12.5. The molecule has 0 saturated heterocycles. The van der Waals surface area contributed by atoms with Gasteiger partial charge < -0.3 is 20.8 Å². The third-order valence-electron chi connectivity index (χ3n) is 1.65. The zero-order chi connectivity index (χ0) is 13.1. The predicted octanol–water partition coefficient (Wildman–Crippen LogP) is 1.37. The molecule has 8 nitrogen and oxygen atoms in total. The van der Waals surface area contributed by atoms with Crippen LogP contribution in [0.25, 0.3) is 0 Å². The van der Waals surface area contributed by atoms with Crippen LogP contribution in [0.4, 0.5) is 0 Å². The van der Waals surface area contributed by atoms with Crippen LogP contribution in [-0.4, -0.2) is 43.7 Å². The van der Waals surface area contributed by atoms with E-state index >= 15 is 0 Å². The molecule has 0 aliphatic carbocycles. The Labute approximate surface area is 109 Å². The van der Waals surface area contributed by atoms with Crippen LogP contribution in [0.5, 0.6) is 0 Å². The Kier molecular flexibility index (Phi) is 15.2. The molecular weight excluding hydrogens is 280 g/mol. The zero-order valence-corrected chi connectivity index (χ0v) is 10.8. The van der Waals surface area contributed by atoms with Crippen molar-refractivity contribution in [1.29, 1.82) is 0 Å². The molecule has 4 N–H and O–H groups in total. The van der Waals surface area contributed by atoms with E-state index < -0.39 is 0 Å². The van der Waals surface area contributed by atoms with Crippen molar-refractivity contribution in [3.05, 3.63) is 0 Å². The fraction of sp³-hybridized carbons (Fsp3) is 0.500. The maximum absolute atomic E-state index is 8.03. The molecule has 0 aliphatic heterocycles. The second-order valence-corrected chi connectivity index (χ2v) is 2.74. The van der Waals surface area contributed by atoms with Gasteiger partial charge in [0.2, 0.25) is 0 Å². The van der Waals surface area contributed by atoms with Gasteiger partial charge >= 0.3 is 0 Å². The Balaban J connectivity index is -0.000000218. The van der Waals surface area contributed by atoms with Crippen LogP contribution in [0.15, 0.2) is 20.6 Å². The molecule has 1 radical (unpaired) electrons. The first-order chi connectivity index (χ1) is 7.44. The molecule has 0 aliphatic rings. The van der Waals surface area contributed by atoms with Gasteiger partial charge in [-0.05, 0) is 27.7 Å². The molecule has 0 heterocycles. The van der Waals surface area contributed by atoms with Gasteiger partial charge in [-0.1, -0.05) is 20.6 Å². The summed E-state index contributed by atoms with van der Waals surface area (Å²) >= 11 is 0. The first-order valence-electron chi connectivity index (χ1n) is 4.19. The van der Waals surface area contributed by atoms with Crippen molar-refractivity contribution in [2.45, 2.75) is 27.7 Å². The molecule has 0 atom stereocenters. The topological polar surface area (TPSA) is 130 Å². The monoisotopic (exact) mass is 295 g/mol. The van der Waals surface area contributed by atoms with E-state index in [2.05, 4.69) is 20.6 Å². The third kappa shape index (κ3) is 10.7. The number of oxime groups is 4. The summed E-state index contributed by atoms with van der Waals surface area (Å²) in [7, 11) is 0. The number of hydrogen-bond donors (Lipinski definition) is 4. The van der Waals surface area contributed by atoms with Crippen molar-refractivity contribution in [2.75, 3.05) is 0 Å². The maximum Gasteiger partial charge on any atom is 0.101 e. The number of hydrogen-bond acceptors (Lipinski definition) is 8. The molecule has 0 rings (SSSR count). The van der Waals surface area contributed by atoms with E-state index in [1.807, 2.05) is 0 Å². The summed E-state index contributed by atoms with van der Waals surface area (Å²) < 4.78 is 0. The minimum Gasteiger partial charge on any atom is -0.411 e. The zero-order valence-electron chi connectivity index (χ0n) is 9.88. The smallest absolute Gasteiger partial charge is 0.101 e. The van der Waals surface area contributed by atoms with Crippen molar-refractivity contribution in [2.24, 2.45) is 20.6 Å². The van der Waals surface area contributed by atoms with E-state index in [9.17, 15) is 0 Å². The van der Waals surface area contributed by atoms with Gasteiger partial charge in [0.1, 0.15) is 22.8 Å². The molecule has 0 unspecified atom stereocenters. The van der Waals surface area contributed by atoms with Crippen molar-refractivity contribution < 1.29 is 37.9 Å². The fourth-order valence-corrected chi connectivity index (χ4v) is 0.289. The fourth-order valence-electron chi connectivity index (χ4n) is 0.289. The Morgan fingerprint density at radius 1 is 0.529 bits per heavy atom. The normalized spacial score (nSPS) is 13.4. The van der Waals surface area contributed by atoms with Crippen molar-refractivity contribution in [1.82, 2.24) is 0 Å². The van der Waals surface area contributed by atoms with E-state index in [-0.39, 0.29) is 17.1 Å². The minimum atomic E-state index is 0. The molecule has 0 amide bonds. The first kappa shape index (κ1) is 20.8. The Hall–Kier alpha value is -1.60. The maximum atomic E-state index is 8.03. The first-order valence-corrected chi connectivity index (χ1v) is 4.19. The molecule has 0 aromatic rings. The van der Waals surface area contributed by atoms with Crippen molar-refractivity contribution in [3.8, 4) is 0 Å². The van der Waals surface area contributed by atoms with E-state index in [0.717, 1.165) is 0 Å². The average molecular weight is 296 g/mol. The minimum absolute atomic E-state index is 0. The van der Waals surface area contributed by atoms with Crippen LogP contribution in [0.2, 0.25) is 0 Å². The SMILES string of the molecule is CC(=N\O)/C(C)=N/O.CC(=N\O)/C(C)=N/O.[Cu]. The van der Waals surface area contributed by atoms with Crippen LogP contribution in [0.3, 0.4) is 0 Å². The second-order valence-electron chi connectivity index (χ2n) is 2.74. The van der Waals surface area contributed by atoms with E-state index in [1.165, 1.54) is 27.7 Å². The molecule has 9 heteroatoms. The molecule has 0 spiro atoms. The summed E-state index contributed by atoms with van der Waals surface area (Å²) in [5.74, 6) is 0. The van der Waals surface area contributed by atoms with Gasteiger partial charge in [0.15, 0.2) is 0 Å². The van der Waals surface area contributed by atoms with Gasteiger partial charge in [-0.3, -0.25) is 0 Å². The number of nitrogens with zero attached hydrogens (tertiary/aromatic N) is 4. The standard InChI is InChI=1S/2C4H8N2O2.Cu/c2*1-3(5-7)4(2)6-8;/h2*7-8H,1-2H3;/b2*5-3+,6-4+;. The van der Waals surface area contributed by atoms with Crippen LogP contribution in [0.1, 0.15) is 27.7 Å². The van der Waals surface area contributed by atoms with E-state index in [1.54, 1.807) is 0 Å². The molecule has 17 heavy (non-hydrogen) atoms. The van der Waals surface area contributed by atoms with Gasteiger partial charge in [0.05, 0.1) is 0 Å². The van der Waals surface area contributed by atoms with Crippen LogP contribution in [0, 0.1) is 0 Å². The quantitative estimate of drug-likeness (QED) is 0.265. The molecule has 0 aromatic carbocycles. The molecular formula is C8H16CuN4O4. The molecule has 0 bridgehead atoms. The summed E-state index contributed by atoms with van der Waals surface area (Å²) in [5, 5.41) is 43.3. The van der Waals surface area contributed by atoms with Gasteiger partial charge in [-0.15, -0.1) is 0 Å². The molecule has 103 valence electrons. The van der Waals surface area contributed by atoms with Gasteiger partial charge in [-0.25, -0.2) is 0 Å². The summed E-state index contributed by atoms with van der Waals surface area (Å²) in [4.78, 5) is 0. The third-order valence-corrected chi connectivity index (χ3v) is 1.65. The summed E-state index contributed by atoms with van der Waals surface area (Å²) in [5.41, 5.74) is 1.25. The van der Waals surface area contributed by atoms with Crippen molar-refractivity contribution in [3.63, 3.8) is 0 Å². The van der Waals surface area contributed by atoms with Crippen molar-refractivity contribution >= 4 is 22.8 Å². The van der Waals surface area contributed by atoms with Crippen LogP contribution in [-0.2, 0) is 17.1 Å². The summed E-state index contributed by atoms with van der Waals surface area (Å²) in [6.07, 6.45) is 0. The van der Waals surface area contributed by atoms with Gasteiger partial charge in [0.25, 0.3) is 0 Å². The average Bonchev–Trinajstić information content (AvgIpc) is 2.35. The summed E-state index contributed by atoms with van der Waals surface area (Å²) in [6.45, 7) is 6.15. The largest absolute Gasteiger partial charge is 0.411 e. The van der Waals surface area contributed by atoms with E-state index in [0.29, 0.717) is 22.8 Å². The molecule has 0 saturated carbocycles. The Morgan fingerprint density at radius 3 is 0.706 bits per heavy atom. The predicted molar refractivity (Wildman–Crippen MR) is 59.6 cm³/mol.